The molecule has 0 atom stereocenters. The number of rotatable bonds is 2. The van der Waals surface area contributed by atoms with Gasteiger partial charge in [0.1, 0.15) is 0 Å². The number of hydrogen-bond donors (Lipinski definition) is 1. The Morgan fingerprint density at radius 3 is 2.05 bits per heavy atom. The van der Waals surface area contributed by atoms with E-state index in [1.54, 1.807) is 0 Å². The Balaban J connectivity index is 0.000000637. The van der Waals surface area contributed by atoms with E-state index < -0.39 is 0 Å². The number of nitrogens with two attached hydrogens (primary N) is 1. The number of anilines is 2. The van der Waals surface area contributed by atoms with E-state index in [0.717, 1.165) is 45.1 Å². The maximum Gasteiger partial charge on any atom is 0.0645 e. The first-order valence-electron chi connectivity index (χ1n) is 6.75. The van der Waals surface area contributed by atoms with Gasteiger partial charge in [-0.15, -0.1) is 13.2 Å². The molecular formula is C15H23N3O. The SMILES string of the molecule is C=C.Nc1ccc(N2CCN(C3COC3)CC2)cc1. The fraction of sp³-hybridized carbons (Fsp3) is 0.467. The average Bonchev–Trinajstić information content (AvgIpc) is 2.41. The Labute approximate surface area is 115 Å². The highest BCUT2D eigenvalue weighted by molar-refractivity contribution is 5.53. The van der Waals surface area contributed by atoms with E-state index in [2.05, 4.69) is 35.1 Å². The van der Waals surface area contributed by atoms with Gasteiger partial charge in [-0.05, 0) is 24.3 Å². The van der Waals surface area contributed by atoms with Crippen molar-refractivity contribution in [3.63, 3.8) is 0 Å². The van der Waals surface area contributed by atoms with Crippen molar-refractivity contribution in [1.29, 1.82) is 0 Å². The maximum absolute atomic E-state index is 5.70. The van der Waals surface area contributed by atoms with E-state index in [1.165, 1.54) is 5.69 Å². The minimum Gasteiger partial charge on any atom is -0.399 e. The number of ether oxygens (including phenoxy) is 1. The van der Waals surface area contributed by atoms with Crippen LogP contribution in [0.25, 0.3) is 0 Å². The quantitative estimate of drug-likeness (QED) is 0.648. The van der Waals surface area contributed by atoms with Gasteiger partial charge < -0.3 is 15.4 Å². The van der Waals surface area contributed by atoms with Crippen LogP contribution in [0.2, 0.25) is 0 Å². The fourth-order valence-electron chi connectivity index (χ4n) is 2.46. The van der Waals surface area contributed by atoms with Crippen LogP contribution < -0.4 is 10.6 Å². The molecule has 0 unspecified atom stereocenters. The van der Waals surface area contributed by atoms with Gasteiger partial charge in [0.25, 0.3) is 0 Å². The minimum absolute atomic E-state index is 0.670. The molecular weight excluding hydrogens is 238 g/mol. The molecule has 2 heterocycles. The molecule has 2 fully saturated rings. The summed E-state index contributed by atoms with van der Waals surface area (Å²) in [4.78, 5) is 4.97. The molecule has 4 heteroatoms. The average molecular weight is 261 g/mol. The number of hydrogen-bond acceptors (Lipinski definition) is 4. The Morgan fingerprint density at radius 2 is 1.58 bits per heavy atom. The van der Waals surface area contributed by atoms with E-state index >= 15 is 0 Å². The lowest BCUT2D eigenvalue weighted by Crippen LogP contribution is -2.56. The van der Waals surface area contributed by atoms with Gasteiger partial charge in [-0.2, -0.15) is 0 Å². The zero-order valence-electron chi connectivity index (χ0n) is 11.4. The summed E-state index contributed by atoms with van der Waals surface area (Å²) in [5.74, 6) is 0. The highest BCUT2D eigenvalue weighted by Crippen LogP contribution is 2.20. The fourth-order valence-corrected chi connectivity index (χ4v) is 2.46. The Bertz CT molecular complexity index is 381. The summed E-state index contributed by atoms with van der Waals surface area (Å²) in [5, 5.41) is 0. The van der Waals surface area contributed by atoms with Crippen LogP contribution in [0.4, 0.5) is 11.4 Å². The molecule has 3 rings (SSSR count). The Hall–Kier alpha value is -1.52. The van der Waals surface area contributed by atoms with E-state index in [1.807, 2.05) is 12.1 Å². The monoisotopic (exact) mass is 261 g/mol. The van der Waals surface area contributed by atoms with Crippen molar-refractivity contribution in [1.82, 2.24) is 4.90 Å². The van der Waals surface area contributed by atoms with Gasteiger partial charge in [-0.3, -0.25) is 4.90 Å². The van der Waals surface area contributed by atoms with Gasteiger partial charge in [0.2, 0.25) is 0 Å². The van der Waals surface area contributed by atoms with Crippen LogP contribution in [-0.4, -0.2) is 50.3 Å². The molecule has 1 aromatic carbocycles. The van der Waals surface area contributed by atoms with Crippen LogP contribution in [0, 0.1) is 0 Å². The summed E-state index contributed by atoms with van der Waals surface area (Å²) in [5.41, 5.74) is 7.82. The zero-order chi connectivity index (χ0) is 13.7. The van der Waals surface area contributed by atoms with E-state index in [9.17, 15) is 0 Å². The van der Waals surface area contributed by atoms with Crippen LogP contribution in [0.5, 0.6) is 0 Å². The molecule has 2 saturated heterocycles. The van der Waals surface area contributed by atoms with Crippen molar-refractivity contribution >= 4 is 11.4 Å². The van der Waals surface area contributed by atoms with Crippen LogP contribution in [-0.2, 0) is 4.74 Å². The second-order valence-corrected chi connectivity index (χ2v) is 4.81. The van der Waals surface area contributed by atoms with Gasteiger partial charge >= 0.3 is 0 Å². The third kappa shape index (κ3) is 3.28. The molecule has 2 aliphatic heterocycles. The number of piperazine rings is 1. The molecule has 4 nitrogen and oxygen atoms in total. The molecule has 0 amide bonds. The van der Waals surface area contributed by atoms with Crippen molar-refractivity contribution in [2.75, 3.05) is 50.0 Å². The van der Waals surface area contributed by atoms with Gasteiger partial charge in [0, 0.05) is 37.6 Å². The molecule has 0 radical (unpaired) electrons. The molecule has 0 saturated carbocycles. The smallest absolute Gasteiger partial charge is 0.0645 e. The second-order valence-electron chi connectivity index (χ2n) is 4.81. The van der Waals surface area contributed by atoms with Gasteiger partial charge in [-0.1, -0.05) is 0 Å². The van der Waals surface area contributed by atoms with Crippen LogP contribution in [0.1, 0.15) is 0 Å². The third-order valence-electron chi connectivity index (χ3n) is 3.71. The Kier molecular flexibility index (Phi) is 4.82. The van der Waals surface area contributed by atoms with Crippen molar-refractivity contribution < 1.29 is 4.74 Å². The van der Waals surface area contributed by atoms with Crippen molar-refractivity contribution in [3.05, 3.63) is 37.4 Å². The Morgan fingerprint density at radius 1 is 1.00 bits per heavy atom. The van der Waals surface area contributed by atoms with Gasteiger partial charge in [0.15, 0.2) is 0 Å². The van der Waals surface area contributed by atoms with Crippen LogP contribution in [0.3, 0.4) is 0 Å². The topological polar surface area (TPSA) is 41.7 Å². The minimum atomic E-state index is 0.670. The lowest BCUT2D eigenvalue weighted by Gasteiger charge is -2.43. The molecule has 2 N–H and O–H groups in total. The van der Waals surface area contributed by atoms with E-state index in [4.69, 9.17) is 10.5 Å². The molecule has 19 heavy (non-hydrogen) atoms. The molecule has 104 valence electrons. The summed E-state index contributed by atoms with van der Waals surface area (Å²) in [6.45, 7) is 12.3. The predicted molar refractivity (Wildman–Crippen MR) is 80.5 cm³/mol. The first kappa shape index (κ1) is 13.9. The van der Waals surface area contributed by atoms with Gasteiger partial charge in [-0.25, -0.2) is 0 Å². The van der Waals surface area contributed by atoms with Crippen molar-refractivity contribution in [2.24, 2.45) is 0 Å². The van der Waals surface area contributed by atoms with Crippen molar-refractivity contribution in [3.8, 4) is 0 Å². The van der Waals surface area contributed by atoms with Crippen molar-refractivity contribution in [2.45, 2.75) is 6.04 Å². The first-order valence-corrected chi connectivity index (χ1v) is 6.75. The highest BCUT2D eigenvalue weighted by atomic mass is 16.5. The summed E-state index contributed by atoms with van der Waals surface area (Å²) < 4.78 is 5.24. The number of nitrogen functional groups attached to an aromatic ring is 1. The number of nitrogens with zero attached hydrogens (tertiary/aromatic N) is 2. The van der Waals surface area contributed by atoms with Crippen LogP contribution in [0.15, 0.2) is 37.4 Å². The normalized spacial score (nSPS) is 20.3. The van der Waals surface area contributed by atoms with Gasteiger partial charge in [0.05, 0.1) is 19.3 Å². The molecule has 0 bridgehead atoms. The molecule has 1 aromatic rings. The zero-order valence-corrected chi connectivity index (χ0v) is 11.4. The predicted octanol–water partition coefficient (Wildman–Crippen LogP) is 1.59. The second kappa shape index (κ2) is 6.59. The third-order valence-corrected chi connectivity index (χ3v) is 3.71. The van der Waals surface area contributed by atoms with Crippen LogP contribution >= 0.6 is 0 Å². The summed E-state index contributed by atoms with van der Waals surface area (Å²) >= 11 is 0. The van der Waals surface area contributed by atoms with E-state index in [-0.39, 0.29) is 0 Å². The lowest BCUT2D eigenvalue weighted by atomic mass is 10.1. The largest absolute Gasteiger partial charge is 0.399 e. The molecule has 2 aliphatic rings. The summed E-state index contributed by atoms with van der Waals surface area (Å²) in [6.07, 6.45) is 0. The summed E-state index contributed by atoms with van der Waals surface area (Å²) in [7, 11) is 0. The summed E-state index contributed by atoms with van der Waals surface area (Å²) in [6, 6.07) is 8.83. The molecule has 0 spiro atoms. The molecule has 0 aromatic heterocycles. The highest BCUT2D eigenvalue weighted by Gasteiger charge is 2.28. The first-order chi connectivity index (χ1) is 9.33. The standard InChI is InChI=1S/C13H19N3O.C2H4/c14-11-1-3-12(4-2-11)15-5-7-16(8-6-15)13-9-17-10-13;1-2/h1-4,13H,5-10,14H2;1-2H2. The maximum atomic E-state index is 5.70. The lowest BCUT2D eigenvalue weighted by molar-refractivity contribution is -0.0660. The van der Waals surface area contributed by atoms with E-state index in [0.29, 0.717) is 6.04 Å². The molecule has 0 aliphatic carbocycles. The number of benzene rings is 1.